The highest BCUT2D eigenvalue weighted by Gasteiger charge is 2.31. The summed E-state index contributed by atoms with van der Waals surface area (Å²) in [6, 6.07) is 1.91. The van der Waals surface area contributed by atoms with E-state index >= 15 is 0 Å². The number of carboxylic acid groups (broad SMARTS) is 1. The van der Waals surface area contributed by atoms with Crippen LogP contribution < -0.4 is 0 Å². The Hall–Kier alpha value is -2.22. The maximum atomic E-state index is 12.4. The van der Waals surface area contributed by atoms with Gasteiger partial charge >= 0.3 is 5.97 Å². The lowest BCUT2D eigenvalue weighted by molar-refractivity contribution is -0.146. The number of aryl methyl sites for hydroxylation is 1. The van der Waals surface area contributed by atoms with Gasteiger partial charge in [0.15, 0.2) is 0 Å². The zero-order valence-electron chi connectivity index (χ0n) is 13.3. The lowest BCUT2D eigenvalue weighted by Gasteiger charge is -2.34. The minimum Gasteiger partial charge on any atom is -0.481 e. The van der Waals surface area contributed by atoms with E-state index in [1.807, 2.05) is 23.8 Å². The fourth-order valence-electron chi connectivity index (χ4n) is 2.97. The van der Waals surface area contributed by atoms with E-state index in [9.17, 15) is 14.7 Å². The largest absolute Gasteiger partial charge is 0.481 e. The molecule has 0 saturated carbocycles. The van der Waals surface area contributed by atoms with Crippen LogP contribution in [0.1, 0.15) is 25.7 Å². The highest BCUT2D eigenvalue weighted by atomic mass is 32.1. The fourth-order valence-corrected chi connectivity index (χ4v) is 3.61. The third-order valence-electron chi connectivity index (χ3n) is 4.16. The summed E-state index contributed by atoms with van der Waals surface area (Å²) in [5.74, 6) is -0.246. The minimum absolute atomic E-state index is 0.0666. The Balaban J connectivity index is 1.56. The van der Waals surface area contributed by atoms with Crippen molar-refractivity contribution >= 4 is 23.2 Å². The molecule has 0 aromatic carbocycles. The Labute approximate surface area is 143 Å². The van der Waals surface area contributed by atoms with E-state index < -0.39 is 11.9 Å². The Morgan fingerprint density at radius 3 is 3.00 bits per heavy atom. The van der Waals surface area contributed by atoms with Gasteiger partial charge in [0.25, 0.3) is 0 Å². The van der Waals surface area contributed by atoms with Gasteiger partial charge in [-0.15, -0.1) is 0 Å². The second-order valence-corrected chi connectivity index (χ2v) is 6.98. The van der Waals surface area contributed by atoms with Crippen molar-refractivity contribution in [2.75, 3.05) is 13.1 Å². The number of hydrogen-bond donors (Lipinski definition) is 1. The van der Waals surface area contributed by atoms with Crippen LogP contribution in [0.4, 0.5) is 0 Å². The van der Waals surface area contributed by atoms with E-state index in [2.05, 4.69) is 10.1 Å². The first-order chi connectivity index (χ1) is 11.5. The summed E-state index contributed by atoms with van der Waals surface area (Å²) in [7, 11) is 0. The van der Waals surface area contributed by atoms with E-state index in [0.29, 0.717) is 31.1 Å². The van der Waals surface area contributed by atoms with Crippen LogP contribution in [-0.4, -0.2) is 45.1 Å². The van der Waals surface area contributed by atoms with Crippen molar-refractivity contribution < 1.29 is 19.2 Å². The van der Waals surface area contributed by atoms with Crippen LogP contribution in [0.2, 0.25) is 0 Å². The van der Waals surface area contributed by atoms with Gasteiger partial charge in [0, 0.05) is 36.9 Å². The van der Waals surface area contributed by atoms with Crippen LogP contribution in [0.25, 0.3) is 11.4 Å². The zero-order valence-corrected chi connectivity index (χ0v) is 14.2. The first-order valence-corrected chi connectivity index (χ1v) is 8.83. The van der Waals surface area contributed by atoms with Crippen molar-refractivity contribution in [2.45, 2.75) is 26.2 Å². The average Bonchev–Trinajstić information content (AvgIpc) is 3.23. The highest BCUT2D eigenvalue weighted by molar-refractivity contribution is 7.08. The van der Waals surface area contributed by atoms with Crippen LogP contribution in [0.15, 0.2) is 21.3 Å². The molecule has 1 N–H and O–H groups in total. The molecule has 2 aromatic rings. The molecule has 1 aliphatic heterocycles. The lowest BCUT2D eigenvalue weighted by atomic mass is 9.90. The number of amides is 1. The first kappa shape index (κ1) is 16.6. The van der Waals surface area contributed by atoms with Gasteiger partial charge in [0.05, 0.1) is 5.92 Å². The summed E-state index contributed by atoms with van der Waals surface area (Å²) in [4.78, 5) is 29.5. The van der Waals surface area contributed by atoms with E-state index in [4.69, 9.17) is 4.52 Å². The maximum Gasteiger partial charge on any atom is 0.308 e. The molecule has 128 valence electrons. The third kappa shape index (κ3) is 3.81. The molecule has 2 aromatic heterocycles. The molecule has 2 atom stereocenters. The number of carbonyl (C=O) groups excluding carboxylic acids is 1. The second kappa shape index (κ2) is 7.12. The normalized spacial score (nSPS) is 21.0. The molecule has 1 fully saturated rings. The Bertz CT molecular complexity index is 713. The molecule has 0 bridgehead atoms. The maximum absolute atomic E-state index is 12.4. The van der Waals surface area contributed by atoms with E-state index in [1.54, 1.807) is 16.2 Å². The predicted octanol–water partition coefficient (Wildman–Crippen LogP) is 2.30. The Morgan fingerprint density at radius 2 is 2.29 bits per heavy atom. The van der Waals surface area contributed by atoms with Crippen molar-refractivity contribution in [1.29, 1.82) is 0 Å². The monoisotopic (exact) mass is 349 g/mol. The molecule has 1 amide bonds. The first-order valence-electron chi connectivity index (χ1n) is 7.88. The topological polar surface area (TPSA) is 96.5 Å². The Kier molecular flexibility index (Phi) is 4.94. The van der Waals surface area contributed by atoms with Crippen molar-refractivity contribution in [3.8, 4) is 11.4 Å². The molecular weight excluding hydrogens is 330 g/mol. The average molecular weight is 349 g/mol. The number of aliphatic carboxylic acids is 1. The molecule has 1 aliphatic rings. The third-order valence-corrected chi connectivity index (χ3v) is 4.85. The van der Waals surface area contributed by atoms with Crippen LogP contribution in [0, 0.1) is 11.8 Å². The molecule has 0 spiro atoms. The summed E-state index contributed by atoms with van der Waals surface area (Å²) in [6.07, 6.45) is 1.22. The van der Waals surface area contributed by atoms with Gasteiger partial charge in [-0.2, -0.15) is 16.3 Å². The molecule has 8 heteroatoms. The van der Waals surface area contributed by atoms with E-state index in [1.165, 1.54) is 0 Å². The lowest BCUT2D eigenvalue weighted by Crippen LogP contribution is -2.45. The van der Waals surface area contributed by atoms with Crippen LogP contribution >= 0.6 is 11.3 Å². The number of rotatable bonds is 5. The molecule has 0 aliphatic carbocycles. The van der Waals surface area contributed by atoms with Crippen LogP contribution in [-0.2, 0) is 16.0 Å². The van der Waals surface area contributed by atoms with E-state index in [0.717, 1.165) is 5.56 Å². The van der Waals surface area contributed by atoms with Crippen molar-refractivity contribution in [3.63, 3.8) is 0 Å². The van der Waals surface area contributed by atoms with Gasteiger partial charge in [-0.3, -0.25) is 9.59 Å². The minimum atomic E-state index is -0.836. The number of likely N-dealkylation sites (tertiary alicyclic amines) is 1. The van der Waals surface area contributed by atoms with Gasteiger partial charge in [-0.1, -0.05) is 12.1 Å². The summed E-state index contributed by atoms with van der Waals surface area (Å²) >= 11 is 1.55. The van der Waals surface area contributed by atoms with Gasteiger partial charge in [0.1, 0.15) is 0 Å². The van der Waals surface area contributed by atoms with Crippen molar-refractivity contribution in [3.05, 3.63) is 22.7 Å². The molecule has 3 rings (SSSR count). The zero-order chi connectivity index (χ0) is 17.1. The number of carboxylic acids is 1. The number of hydrogen-bond acceptors (Lipinski definition) is 6. The van der Waals surface area contributed by atoms with Crippen LogP contribution in [0.5, 0.6) is 0 Å². The van der Waals surface area contributed by atoms with Gasteiger partial charge in [-0.25, -0.2) is 0 Å². The van der Waals surface area contributed by atoms with Crippen molar-refractivity contribution in [1.82, 2.24) is 15.0 Å². The quantitative estimate of drug-likeness (QED) is 0.890. The number of thiophene rings is 1. The Morgan fingerprint density at radius 1 is 1.46 bits per heavy atom. The molecule has 24 heavy (non-hydrogen) atoms. The fraction of sp³-hybridized carbons (Fsp3) is 0.500. The van der Waals surface area contributed by atoms with Gasteiger partial charge in [0.2, 0.25) is 17.6 Å². The van der Waals surface area contributed by atoms with Gasteiger partial charge in [-0.05, 0) is 23.8 Å². The SMILES string of the molecule is CC1CC(C(=O)O)CN(C(=O)CCc2nc(-c3ccsc3)no2)C1. The molecule has 3 heterocycles. The number of aromatic nitrogens is 2. The van der Waals surface area contributed by atoms with Crippen LogP contribution in [0.3, 0.4) is 0 Å². The number of nitrogens with zero attached hydrogens (tertiary/aromatic N) is 3. The molecule has 1 saturated heterocycles. The van der Waals surface area contributed by atoms with Gasteiger partial charge < -0.3 is 14.5 Å². The number of piperidine rings is 1. The molecular formula is C16H19N3O4S. The molecule has 0 radical (unpaired) electrons. The highest BCUT2D eigenvalue weighted by Crippen LogP contribution is 2.23. The summed E-state index contributed by atoms with van der Waals surface area (Å²) < 4.78 is 5.19. The van der Waals surface area contributed by atoms with Crippen molar-refractivity contribution in [2.24, 2.45) is 11.8 Å². The predicted molar refractivity (Wildman–Crippen MR) is 87.4 cm³/mol. The summed E-state index contributed by atoms with van der Waals surface area (Å²) in [6.45, 7) is 2.86. The molecule has 2 unspecified atom stereocenters. The number of carbonyl (C=O) groups is 2. The molecule has 7 nitrogen and oxygen atoms in total. The standard InChI is InChI=1S/C16H19N3O4S/c1-10-6-12(16(21)22)8-19(7-10)14(20)3-2-13-17-15(18-23-13)11-4-5-24-9-11/h4-5,9-10,12H,2-3,6-8H2,1H3,(H,21,22). The van der Waals surface area contributed by atoms with E-state index in [-0.39, 0.29) is 24.8 Å². The summed E-state index contributed by atoms with van der Waals surface area (Å²) in [5, 5.41) is 17.0. The summed E-state index contributed by atoms with van der Waals surface area (Å²) in [5.41, 5.74) is 0.899. The second-order valence-electron chi connectivity index (χ2n) is 6.20. The smallest absolute Gasteiger partial charge is 0.308 e.